The molecule has 4 nitrogen and oxygen atoms in total. The SMILES string of the molecule is CC(F)(CC(=O)O)CS(=O)(=O)c1ccccc1. The van der Waals surface area contributed by atoms with Gasteiger partial charge in [0.25, 0.3) is 0 Å². The van der Waals surface area contributed by atoms with Gasteiger partial charge in [-0.3, -0.25) is 4.79 Å². The molecule has 0 spiro atoms. The molecule has 1 aromatic rings. The van der Waals surface area contributed by atoms with Crippen LogP contribution >= 0.6 is 0 Å². The van der Waals surface area contributed by atoms with Crippen molar-refractivity contribution in [1.29, 1.82) is 0 Å². The average Bonchev–Trinajstić information content (AvgIpc) is 2.15. The van der Waals surface area contributed by atoms with E-state index in [-0.39, 0.29) is 4.90 Å². The summed E-state index contributed by atoms with van der Waals surface area (Å²) in [6, 6.07) is 7.41. The molecule has 0 bridgehead atoms. The molecule has 1 atom stereocenters. The summed E-state index contributed by atoms with van der Waals surface area (Å²) < 4.78 is 37.4. The van der Waals surface area contributed by atoms with Gasteiger partial charge in [-0.25, -0.2) is 12.8 Å². The van der Waals surface area contributed by atoms with Crippen molar-refractivity contribution in [2.75, 3.05) is 5.75 Å². The molecule has 0 saturated carbocycles. The number of carbonyl (C=O) groups is 1. The van der Waals surface area contributed by atoms with E-state index >= 15 is 0 Å². The second kappa shape index (κ2) is 4.83. The minimum absolute atomic E-state index is 0.00531. The minimum Gasteiger partial charge on any atom is -0.481 e. The van der Waals surface area contributed by atoms with Gasteiger partial charge in [-0.1, -0.05) is 18.2 Å². The lowest BCUT2D eigenvalue weighted by molar-refractivity contribution is -0.139. The third-order valence-corrected chi connectivity index (χ3v) is 4.09. The van der Waals surface area contributed by atoms with Crippen molar-refractivity contribution in [3.63, 3.8) is 0 Å². The Morgan fingerprint density at radius 2 is 1.88 bits per heavy atom. The average molecular weight is 260 g/mol. The van der Waals surface area contributed by atoms with E-state index in [0.717, 1.165) is 6.92 Å². The summed E-state index contributed by atoms with van der Waals surface area (Å²) >= 11 is 0. The van der Waals surface area contributed by atoms with Crippen LogP contribution in [-0.2, 0) is 14.6 Å². The first kappa shape index (κ1) is 13.6. The zero-order chi connectivity index (χ0) is 13.1. The van der Waals surface area contributed by atoms with Gasteiger partial charge in [0.15, 0.2) is 9.84 Å². The molecule has 1 aromatic carbocycles. The number of halogens is 1. The smallest absolute Gasteiger partial charge is 0.306 e. The molecular weight excluding hydrogens is 247 g/mol. The Kier molecular flexibility index (Phi) is 3.87. The number of carboxylic acids is 1. The van der Waals surface area contributed by atoms with Crippen LogP contribution in [0.4, 0.5) is 4.39 Å². The fraction of sp³-hybridized carbons (Fsp3) is 0.364. The van der Waals surface area contributed by atoms with E-state index in [0.29, 0.717) is 0 Å². The van der Waals surface area contributed by atoms with Crippen molar-refractivity contribution in [3.05, 3.63) is 30.3 Å². The zero-order valence-corrected chi connectivity index (χ0v) is 10.1. The van der Waals surface area contributed by atoms with Crippen LogP contribution in [0.1, 0.15) is 13.3 Å². The number of rotatable bonds is 5. The van der Waals surface area contributed by atoms with E-state index in [1.165, 1.54) is 24.3 Å². The Bertz CT molecular complexity index is 493. The first-order valence-electron chi connectivity index (χ1n) is 4.91. The van der Waals surface area contributed by atoms with Crippen LogP contribution in [0.5, 0.6) is 0 Å². The van der Waals surface area contributed by atoms with Crippen LogP contribution in [0.2, 0.25) is 0 Å². The van der Waals surface area contributed by atoms with Crippen molar-refractivity contribution in [2.24, 2.45) is 0 Å². The molecule has 0 amide bonds. The second-order valence-corrected chi connectivity index (χ2v) is 6.05. The number of carboxylic acid groups (broad SMARTS) is 1. The molecule has 0 radical (unpaired) electrons. The maximum Gasteiger partial charge on any atom is 0.306 e. The fourth-order valence-corrected chi connectivity index (χ4v) is 3.11. The van der Waals surface area contributed by atoms with E-state index in [1.54, 1.807) is 6.07 Å². The second-order valence-electron chi connectivity index (χ2n) is 4.06. The van der Waals surface area contributed by atoms with Gasteiger partial charge in [-0.05, 0) is 19.1 Å². The standard InChI is InChI=1S/C11H13FO4S/c1-11(12,7-10(13)14)8-17(15,16)9-5-3-2-4-6-9/h2-6H,7-8H2,1H3,(H,13,14). The van der Waals surface area contributed by atoms with Crippen molar-refractivity contribution in [2.45, 2.75) is 23.9 Å². The fourth-order valence-electron chi connectivity index (χ4n) is 1.47. The molecule has 0 aliphatic rings. The van der Waals surface area contributed by atoms with Gasteiger partial charge in [0.2, 0.25) is 0 Å². The first-order chi connectivity index (χ1) is 7.73. The van der Waals surface area contributed by atoms with E-state index < -0.39 is 33.6 Å². The van der Waals surface area contributed by atoms with Crippen molar-refractivity contribution in [3.8, 4) is 0 Å². The maximum atomic E-state index is 13.8. The maximum absolute atomic E-state index is 13.8. The lowest BCUT2D eigenvalue weighted by atomic mass is 10.1. The van der Waals surface area contributed by atoms with Gasteiger partial charge in [-0.2, -0.15) is 0 Å². The predicted molar refractivity (Wildman–Crippen MR) is 60.3 cm³/mol. The monoisotopic (exact) mass is 260 g/mol. The molecule has 0 fully saturated rings. The summed E-state index contributed by atoms with van der Waals surface area (Å²) in [7, 11) is -3.80. The van der Waals surface area contributed by atoms with Gasteiger partial charge >= 0.3 is 5.97 Å². The number of sulfone groups is 1. The van der Waals surface area contributed by atoms with Gasteiger partial charge in [0, 0.05) is 0 Å². The topological polar surface area (TPSA) is 71.4 Å². The lowest BCUT2D eigenvalue weighted by Crippen LogP contribution is -2.32. The normalized spacial score (nSPS) is 15.2. The highest BCUT2D eigenvalue weighted by Crippen LogP contribution is 2.22. The molecule has 1 N–H and O–H groups in total. The van der Waals surface area contributed by atoms with E-state index in [9.17, 15) is 17.6 Å². The third kappa shape index (κ3) is 4.14. The van der Waals surface area contributed by atoms with E-state index in [1.807, 2.05) is 0 Å². The molecule has 0 aliphatic heterocycles. The predicted octanol–water partition coefficient (Wildman–Crippen LogP) is 1.66. The number of hydrogen-bond donors (Lipinski definition) is 1. The van der Waals surface area contributed by atoms with Crippen LogP contribution in [0.25, 0.3) is 0 Å². The van der Waals surface area contributed by atoms with Crippen LogP contribution in [0.3, 0.4) is 0 Å². The van der Waals surface area contributed by atoms with Crippen LogP contribution in [-0.4, -0.2) is 30.9 Å². The molecule has 0 heterocycles. The van der Waals surface area contributed by atoms with E-state index in [4.69, 9.17) is 5.11 Å². The quantitative estimate of drug-likeness (QED) is 0.874. The lowest BCUT2D eigenvalue weighted by Gasteiger charge is -2.17. The van der Waals surface area contributed by atoms with Gasteiger partial charge < -0.3 is 5.11 Å². The Morgan fingerprint density at radius 3 is 2.35 bits per heavy atom. The molecule has 94 valence electrons. The Balaban J connectivity index is 2.91. The van der Waals surface area contributed by atoms with Crippen molar-refractivity contribution < 1.29 is 22.7 Å². The van der Waals surface area contributed by atoms with Gasteiger partial charge in [0.1, 0.15) is 5.67 Å². The highest BCUT2D eigenvalue weighted by molar-refractivity contribution is 7.91. The molecule has 17 heavy (non-hydrogen) atoms. The summed E-state index contributed by atoms with van der Waals surface area (Å²) in [4.78, 5) is 10.4. The summed E-state index contributed by atoms with van der Waals surface area (Å²) in [6.07, 6.45) is -0.834. The summed E-state index contributed by atoms with van der Waals surface area (Å²) in [5, 5.41) is 8.48. The van der Waals surface area contributed by atoms with Crippen molar-refractivity contribution in [1.82, 2.24) is 0 Å². The highest BCUT2D eigenvalue weighted by Gasteiger charge is 2.33. The molecular formula is C11H13FO4S. The Hall–Kier alpha value is -1.43. The molecule has 1 unspecified atom stereocenters. The zero-order valence-electron chi connectivity index (χ0n) is 9.26. The molecule has 6 heteroatoms. The summed E-state index contributed by atoms with van der Waals surface area (Å²) in [6.45, 7) is 0.974. The van der Waals surface area contributed by atoms with Crippen LogP contribution < -0.4 is 0 Å². The third-order valence-electron chi connectivity index (χ3n) is 2.11. The molecule has 0 saturated heterocycles. The minimum atomic E-state index is -3.80. The van der Waals surface area contributed by atoms with E-state index in [2.05, 4.69) is 0 Å². The number of benzene rings is 1. The number of aliphatic carboxylic acids is 1. The highest BCUT2D eigenvalue weighted by atomic mass is 32.2. The van der Waals surface area contributed by atoms with Crippen LogP contribution in [0.15, 0.2) is 35.2 Å². The Morgan fingerprint density at radius 1 is 1.35 bits per heavy atom. The summed E-state index contributed by atoms with van der Waals surface area (Å²) in [5.74, 6) is -2.20. The molecule has 1 rings (SSSR count). The number of hydrogen-bond acceptors (Lipinski definition) is 3. The first-order valence-corrected chi connectivity index (χ1v) is 6.57. The largest absolute Gasteiger partial charge is 0.481 e. The number of alkyl halides is 1. The summed E-state index contributed by atoms with van der Waals surface area (Å²) in [5.41, 5.74) is -2.28. The van der Waals surface area contributed by atoms with Gasteiger partial charge in [-0.15, -0.1) is 0 Å². The van der Waals surface area contributed by atoms with Crippen LogP contribution in [0, 0.1) is 0 Å². The molecule has 0 aliphatic carbocycles. The Labute approximate surface area is 99.0 Å². The molecule has 0 aromatic heterocycles. The van der Waals surface area contributed by atoms with Crippen molar-refractivity contribution >= 4 is 15.8 Å². The van der Waals surface area contributed by atoms with Gasteiger partial charge in [0.05, 0.1) is 17.1 Å².